The van der Waals surface area contributed by atoms with Gasteiger partial charge in [0.05, 0.1) is 16.1 Å². The number of thiophene rings is 1. The SMILES string of the molecule is Clc1ccc(Cl)c(Nc2nc(Cl)nc3sccc23)c1. The minimum absolute atomic E-state index is 0.190. The van der Waals surface area contributed by atoms with Crippen LogP contribution in [0, 0.1) is 0 Å². The van der Waals surface area contributed by atoms with Gasteiger partial charge in [0, 0.05) is 5.02 Å². The molecule has 0 atom stereocenters. The second kappa shape index (κ2) is 5.13. The third kappa shape index (κ3) is 2.62. The smallest absolute Gasteiger partial charge is 0.225 e. The fourth-order valence-corrected chi connectivity index (χ4v) is 2.97. The maximum atomic E-state index is 6.12. The highest BCUT2D eigenvalue weighted by atomic mass is 35.5. The van der Waals surface area contributed by atoms with E-state index in [1.165, 1.54) is 11.3 Å². The van der Waals surface area contributed by atoms with Crippen LogP contribution in [0.1, 0.15) is 0 Å². The van der Waals surface area contributed by atoms with Crippen LogP contribution in [0.5, 0.6) is 0 Å². The molecule has 0 saturated carbocycles. The molecule has 2 heterocycles. The van der Waals surface area contributed by atoms with Crippen molar-refractivity contribution in [3.8, 4) is 0 Å². The predicted molar refractivity (Wildman–Crippen MR) is 82.2 cm³/mol. The van der Waals surface area contributed by atoms with Gasteiger partial charge in [-0.1, -0.05) is 23.2 Å². The van der Waals surface area contributed by atoms with Crippen molar-refractivity contribution in [1.82, 2.24) is 9.97 Å². The van der Waals surface area contributed by atoms with E-state index in [4.69, 9.17) is 34.8 Å². The molecule has 0 saturated heterocycles. The van der Waals surface area contributed by atoms with Crippen molar-refractivity contribution in [2.45, 2.75) is 0 Å². The highest BCUT2D eigenvalue weighted by Gasteiger charge is 2.10. The third-order valence-electron chi connectivity index (χ3n) is 2.48. The second-order valence-corrected chi connectivity index (χ2v) is 5.81. The molecule has 3 nitrogen and oxygen atoms in total. The van der Waals surface area contributed by atoms with Crippen molar-refractivity contribution in [3.05, 3.63) is 45.0 Å². The molecule has 7 heteroatoms. The van der Waals surface area contributed by atoms with Gasteiger partial charge in [0.25, 0.3) is 0 Å². The Morgan fingerprint density at radius 1 is 1.05 bits per heavy atom. The van der Waals surface area contributed by atoms with E-state index in [9.17, 15) is 0 Å². The van der Waals surface area contributed by atoms with Crippen molar-refractivity contribution in [3.63, 3.8) is 0 Å². The van der Waals surface area contributed by atoms with Crippen LogP contribution in [0.15, 0.2) is 29.6 Å². The van der Waals surface area contributed by atoms with Gasteiger partial charge in [-0.15, -0.1) is 11.3 Å². The summed E-state index contributed by atoms with van der Waals surface area (Å²) in [7, 11) is 0. The van der Waals surface area contributed by atoms with Crippen molar-refractivity contribution >= 4 is 67.9 Å². The fraction of sp³-hybridized carbons (Fsp3) is 0. The lowest BCUT2D eigenvalue weighted by Crippen LogP contribution is -1.96. The summed E-state index contributed by atoms with van der Waals surface area (Å²) in [6, 6.07) is 7.11. The van der Waals surface area contributed by atoms with Gasteiger partial charge in [0.15, 0.2) is 0 Å². The van der Waals surface area contributed by atoms with E-state index in [0.29, 0.717) is 21.6 Å². The fourth-order valence-electron chi connectivity index (χ4n) is 1.65. The summed E-state index contributed by atoms with van der Waals surface area (Å²) in [6.45, 7) is 0. The predicted octanol–water partition coefficient (Wildman–Crippen LogP) is 5.40. The second-order valence-electron chi connectivity index (χ2n) is 3.73. The monoisotopic (exact) mass is 329 g/mol. The lowest BCUT2D eigenvalue weighted by molar-refractivity contribution is 1.23. The van der Waals surface area contributed by atoms with Crippen LogP contribution < -0.4 is 5.32 Å². The molecule has 96 valence electrons. The van der Waals surface area contributed by atoms with Crippen LogP contribution in [0.3, 0.4) is 0 Å². The Morgan fingerprint density at radius 2 is 1.89 bits per heavy atom. The van der Waals surface area contributed by atoms with Gasteiger partial charge in [-0.05, 0) is 41.2 Å². The summed E-state index contributed by atoms with van der Waals surface area (Å²) >= 11 is 19.5. The molecule has 0 bridgehead atoms. The van der Waals surface area contributed by atoms with Gasteiger partial charge in [-0.25, -0.2) is 4.98 Å². The maximum Gasteiger partial charge on any atom is 0.225 e. The van der Waals surface area contributed by atoms with Gasteiger partial charge in [0.1, 0.15) is 10.6 Å². The van der Waals surface area contributed by atoms with Crippen LogP contribution in [-0.2, 0) is 0 Å². The molecule has 2 aromatic heterocycles. The molecule has 3 rings (SSSR count). The highest BCUT2D eigenvalue weighted by Crippen LogP contribution is 2.32. The number of fused-ring (bicyclic) bond motifs is 1. The van der Waals surface area contributed by atoms with Gasteiger partial charge >= 0.3 is 0 Å². The number of nitrogens with zero attached hydrogens (tertiary/aromatic N) is 2. The van der Waals surface area contributed by atoms with Gasteiger partial charge < -0.3 is 5.32 Å². The normalized spacial score (nSPS) is 10.9. The van der Waals surface area contributed by atoms with Gasteiger partial charge in [-0.3, -0.25) is 0 Å². The zero-order valence-corrected chi connectivity index (χ0v) is 12.4. The first-order valence-corrected chi connectivity index (χ1v) is 7.27. The maximum absolute atomic E-state index is 6.12. The minimum atomic E-state index is 0.190. The molecule has 0 radical (unpaired) electrons. The molecule has 3 aromatic rings. The van der Waals surface area contributed by atoms with E-state index in [0.717, 1.165) is 10.2 Å². The van der Waals surface area contributed by atoms with E-state index in [2.05, 4.69) is 15.3 Å². The molecule has 0 aliphatic heterocycles. The van der Waals surface area contributed by atoms with Crippen LogP contribution in [0.4, 0.5) is 11.5 Å². The average molecular weight is 331 g/mol. The minimum Gasteiger partial charge on any atom is -0.338 e. The van der Waals surface area contributed by atoms with Crippen LogP contribution in [-0.4, -0.2) is 9.97 Å². The molecule has 0 aliphatic rings. The first-order chi connectivity index (χ1) is 9.13. The Hall–Kier alpha value is -1.07. The van der Waals surface area contributed by atoms with Crippen LogP contribution in [0.2, 0.25) is 15.3 Å². The zero-order chi connectivity index (χ0) is 13.4. The summed E-state index contributed by atoms with van der Waals surface area (Å²) in [5, 5.41) is 7.30. The molecule has 0 amide bonds. The first-order valence-electron chi connectivity index (χ1n) is 5.26. The van der Waals surface area contributed by atoms with Gasteiger partial charge in [-0.2, -0.15) is 4.98 Å². The summed E-state index contributed by atoms with van der Waals surface area (Å²) in [5.41, 5.74) is 0.677. The Labute approximate surface area is 128 Å². The molecule has 0 spiro atoms. The van der Waals surface area contributed by atoms with Crippen LogP contribution >= 0.6 is 46.1 Å². The number of anilines is 2. The van der Waals surface area contributed by atoms with Crippen molar-refractivity contribution in [1.29, 1.82) is 0 Å². The van der Waals surface area contributed by atoms with Crippen LogP contribution in [0.25, 0.3) is 10.2 Å². The average Bonchev–Trinajstić information content (AvgIpc) is 2.82. The number of rotatable bonds is 2. The van der Waals surface area contributed by atoms with Crippen molar-refractivity contribution in [2.75, 3.05) is 5.32 Å². The number of nitrogens with one attached hydrogen (secondary N) is 1. The Morgan fingerprint density at radius 3 is 2.74 bits per heavy atom. The number of hydrogen-bond donors (Lipinski definition) is 1. The number of halogens is 3. The summed E-state index contributed by atoms with van der Waals surface area (Å²) in [5.74, 6) is 0.611. The summed E-state index contributed by atoms with van der Waals surface area (Å²) in [4.78, 5) is 9.16. The lowest BCUT2D eigenvalue weighted by atomic mass is 10.3. The lowest BCUT2D eigenvalue weighted by Gasteiger charge is -2.09. The Bertz CT molecular complexity index is 757. The number of benzene rings is 1. The van der Waals surface area contributed by atoms with E-state index in [1.807, 2.05) is 11.4 Å². The highest BCUT2D eigenvalue weighted by molar-refractivity contribution is 7.16. The molecule has 0 aliphatic carbocycles. The standard InChI is InChI=1S/C12H6Cl3N3S/c13-6-1-2-8(14)9(5-6)16-10-7-3-4-19-11(7)18-12(15)17-10/h1-5H,(H,16,17,18). The quantitative estimate of drug-likeness (QED) is 0.640. The zero-order valence-electron chi connectivity index (χ0n) is 9.32. The van der Waals surface area contributed by atoms with Crippen molar-refractivity contribution in [2.24, 2.45) is 0 Å². The Kier molecular flexibility index (Phi) is 3.50. The number of hydrogen-bond acceptors (Lipinski definition) is 4. The van der Waals surface area contributed by atoms with E-state index in [-0.39, 0.29) is 5.28 Å². The molecular formula is C12H6Cl3N3S. The largest absolute Gasteiger partial charge is 0.338 e. The number of aromatic nitrogens is 2. The van der Waals surface area contributed by atoms with E-state index >= 15 is 0 Å². The van der Waals surface area contributed by atoms with Gasteiger partial charge in [0.2, 0.25) is 5.28 Å². The Balaban J connectivity index is 2.10. The molecular weight excluding hydrogens is 325 g/mol. The molecule has 0 fully saturated rings. The molecule has 1 aromatic carbocycles. The topological polar surface area (TPSA) is 37.8 Å². The summed E-state index contributed by atoms with van der Waals surface area (Å²) < 4.78 is 0. The van der Waals surface area contributed by atoms with E-state index < -0.39 is 0 Å². The van der Waals surface area contributed by atoms with Crippen molar-refractivity contribution < 1.29 is 0 Å². The molecule has 1 N–H and O–H groups in total. The molecule has 0 unspecified atom stereocenters. The van der Waals surface area contributed by atoms with E-state index in [1.54, 1.807) is 18.2 Å². The summed E-state index contributed by atoms with van der Waals surface area (Å²) in [6.07, 6.45) is 0. The first kappa shape index (κ1) is 12.9. The molecule has 19 heavy (non-hydrogen) atoms. The third-order valence-corrected chi connectivity index (χ3v) is 4.02.